The van der Waals surface area contributed by atoms with E-state index in [-0.39, 0.29) is 11.2 Å². The Morgan fingerprint density at radius 1 is 1.04 bits per heavy atom. The summed E-state index contributed by atoms with van der Waals surface area (Å²) in [7, 11) is 4.02. The molecule has 26 heavy (non-hydrogen) atoms. The van der Waals surface area contributed by atoms with E-state index in [1.807, 2.05) is 56.7 Å². The molecule has 0 saturated carbocycles. The Balaban J connectivity index is 1.87. The van der Waals surface area contributed by atoms with Crippen LogP contribution in [-0.2, 0) is 4.79 Å². The standard InChI is InChI=1S/C20H27N3OS2/c1-23(2)16-11-9-15(10-12-16)19(26-4)20(24)22-14-13-21-17-7-5-6-8-18(17)25-3/h5-12,19,21H,13-14H2,1-4H3,(H,22,24). The molecule has 0 aromatic heterocycles. The van der Waals surface area contributed by atoms with Crippen LogP contribution in [0.25, 0.3) is 0 Å². The lowest BCUT2D eigenvalue weighted by Gasteiger charge is -2.18. The van der Waals surface area contributed by atoms with Crippen LogP contribution in [0.5, 0.6) is 0 Å². The number of nitrogens with one attached hydrogen (secondary N) is 2. The molecule has 140 valence electrons. The molecule has 0 radical (unpaired) electrons. The molecule has 2 rings (SSSR count). The van der Waals surface area contributed by atoms with Crippen LogP contribution in [0.1, 0.15) is 10.8 Å². The van der Waals surface area contributed by atoms with E-state index in [1.165, 1.54) is 4.90 Å². The van der Waals surface area contributed by atoms with Crippen molar-refractivity contribution in [1.29, 1.82) is 0 Å². The van der Waals surface area contributed by atoms with Gasteiger partial charge in [0.25, 0.3) is 0 Å². The molecule has 0 heterocycles. The number of hydrogen-bond acceptors (Lipinski definition) is 5. The van der Waals surface area contributed by atoms with E-state index in [9.17, 15) is 4.79 Å². The normalized spacial score (nSPS) is 11.7. The second-order valence-corrected chi connectivity index (χ2v) is 7.81. The fourth-order valence-electron chi connectivity index (χ4n) is 2.61. The summed E-state index contributed by atoms with van der Waals surface area (Å²) in [5, 5.41) is 6.24. The third-order valence-electron chi connectivity index (χ3n) is 4.03. The Bertz CT molecular complexity index is 704. The monoisotopic (exact) mass is 389 g/mol. The van der Waals surface area contributed by atoms with Crippen molar-refractivity contribution in [2.24, 2.45) is 0 Å². The van der Waals surface area contributed by atoms with Crippen molar-refractivity contribution in [2.45, 2.75) is 10.1 Å². The maximum Gasteiger partial charge on any atom is 0.237 e. The molecule has 0 aliphatic heterocycles. The largest absolute Gasteiger partial charge is 0.382 e. The second kappa shape index (κ2) is 10.4. The van der Waals surface area contributed by atoms with Crippen molar-refractivity contribution in [2.75, 3.05) is 49.9 Å². The molecule has 2 aromatic carbocycles. The minimum atomic E-state index is -0.190. The number of rotatable bonds is 9. The molecule has 0 fully saturated rings. The van der Waals surface area contributed by atoms with Gasteiger partial charge in [-0.1, -0.05) is 24.3 Å². The maximum atomic E-state index is 12.6. The van der Waals surface area contributed by atoms with Crippen LogP contribution in [0.4, 0.5) is 11.4 Å². The zero-order chi connectivity index (χ0) is 18.9. The molecule has 1 amide bonds. The van der Waals surface area contributed by atoms with Gasteiger partial charge in [0, 0.05) is 43.5 Å². The third kappa shape index (κ3) is 5.61. The van der Waals surface area contributed by atoms with Crippen molar-refractivity contribution in [3.8, 4) is 0 Å². The molecule has 0 saturated heterocycles. The first-order valence-electron chi connectivity index (χ1n) is 8.51. The number of hydrogen-bond donors (Lipinski definition) is 2. The predicted molar refractivity (Wildman–Crippen MR) is 117 cm³/mol. The van der Waals surface area contributed by atoms with E-state index in [1.54, 1.807) is 23.5 Å². The number of carbonyl (C=O) groups excluding carboxylic acids is 1. The average molecular weight is 390 g/mol. The summed E-state index contributed by atoms with van der Waals surface area (Å²) in [5.41, 5.74) is 3.27. The molecule has 4 nitrogen and oxygen atoms in total. The molecular formula is C20H27N3OS2. The molecule has 1 atom stereocenters. The number of thioether (sulfide) groups is 2. The first kappa shape index (κ1) is 20.5. The van der Waals surface area contributed by atoms with Crippen LogP contribution in [0.15, 0.2) is 53.4 Å². The van der Waals surface area contributed by atoms with E-state index in [2.05, 4.69) is 33.9 Å². The molecule has 0 bridgehead atoms. The lowest BCUT2D eigenvalue weighted by molar-refractivity contribution is -0.120. The van der Waals surface area contributed by atoms with Gasteiger partial charge >= 0.3 is 0 Å². The number of amides is 1. The van der Waals surface area contributed by atoms with Crippen molar-refractivity contribution in [3.63, 3.8) is 0 Å². The van der Waals surface area contributed by atoms with Gasteiger partial charge in [0.15, 0.2) is 0 Å². The van der Waals surface area contributed by atoms with Crippen LogP contribution in [0, 0.1) is 0 Å². The summed E-state index contributed by atoms with van der Waals surface area (Å²) >= 11 is 3.27. The molecule has 2 N–H and O–H groups in total. The van der Waals surface area contributed by atoms with Crippen LogP contribution >= 0.6 is 23.5 Å². The lowest BCUT2D eigenvalue weighted by Crippen LogP contribution is -2.32. The first-order chi connectivity index (χ1) is 12.6. The highest BCUT2D eigenvalue weighted by Crippen LogP contribution is 2.28. The van der Waals surface area contributed by atoms with Gasteiger partial charge in [0.2, 0.25) is 5.91 Å². The number of anilines is 2. The number of carbonyl (C=O) groups is 1. The Kier molecular flexibility index (Phi) is 8.19. The van der Waals surface area contributed by atoms with E-state index in [0.29, 0.717) is 13.1 Å². The second-order valence-electron chi connectivity index (χ2n) is 6.02. The van der Waals surface area contributed by atoms with Gasteiger partial charge in [-0.05, 0) is 42.3 Å². The first-order valence-corrected chi connectivity index (χ1v) is 11.0. The van der Waals surface area contributed by atoms with E-state index < -0.39 is 0 Å². The third-order valence-corrected chi connectivity index (χ3v) is 5.79. The Hall–Kier alpha value is -1.79. The Morgan fingerprint density at radius 3 is 2.35 bits per heavy atom. The van der Waals surface area contributed by atoms with E-state index in [0.717, 1.165) is 16.9 Å². The Morgan fingerprint density at radius 2 is 1.73 bits per heavy atom. The fraction of sp³-hybridized carbons (Fsp3) is 0.350. The van der Waals surface area contributed by atoms with E-state index in [4.69, 9.17) is 0 Å². The van der Waals surface area contributed by atoms with E-state index >= 15 is 0 Å². The highest BCUT2D eigenvalue weighted by atomic mass is 32.2. The van der Waals surface area contributed by atoms with Crippen molar-refractivity contribution >= 4 is 40.8 Å². The molecular weight excluding hydrogens is 362 g/mol. The Labute approximate surface area is 165 Å². The topological polar surface area (TPSA) is 44.4 Å². The van der Waals surface area contributed by atoms with Crippen LogP contribution in [0.3, 0.4) is 0 Å². The molecule has 0 aliphatic carbocycles. The van der Waals surface area contributed by atoms with Gasteiger partial charge in [-0.25, -0.2) is 0 Å². The highest BCUT2D eigenvalue weighted by Gasteiger charge is 2.19. The van der Waals surface area contributed by atoms with Crippen molar-refractivity contribution in [3.05, 3.63) is 54.1 Å². The van der Waals surface area contributed by atoms with Crippen molar-refractivity contribution < 1.29 is 4.79 Å². The fourth-order valence-corrected chi connectivity index (χ4v) is 3.91. The zero-order valence-electron chi connectivity index (χ0n) is 15.8. The minimum absolute atomic E-state index is 0.0510. The predicted octanol–water partition coefficient (Wildman–Crippen LogP) is 4.11. The molecule has 0 spiro atoms. The number of nitrogens with zero attached hydrogens (tertiary/aromatic N) is 1. The number of benzene rings is 2. The van der Waals surface area contributed by atoms with Gasteiger partial charge in [0.05, 0.1) is 0 Å². The van der Waals surface area contributed by atoms with Crippen LogP contribution in [-0.4, -0.2) is 45.6 Å². The lowest BCUT2D eigenvalue weighted by atomic mass is 10.1. The smallest absolute Gasteiger partial charge is 0.237 e. The quantitative estimate of drug-likeness (QED) is 0.499. The SMILES string of the molecule is CSc1ccccc1NCCNC(=O)C(SC)c1ccc(N(C)C)cc1. The maximum absolute atomic E-state index is 12.6. The van der Waals surface area contributed by atoms with Gasteiger partial charge in [-0.3, -0.25) is 4.79 Å². The molecule has 1 unspecified atom stereocenters. The summed E-state index contributed by atoms with van der Waals surface area (Å²) in [6.45, 7) is 1.29. The average Bonchev–Trinajstić information content (AvgIpc) is 2.66. The van der Waals surface area contributed by atoms with Crippen molar-refractivity contribution in [1.82, 2.24) is 5.32 Å². The summed E-state index contributed by atoms with van der Waals surface area (Å²) in [6, 6.07) is 16.4. The zero-order valence-corrected chi connectivity index (χ0v) is 17.4. The minimum Gasteiger partial charge on any atom is -0.382 e. The summed E-state index contributed by atoms with van der Waals surface area (Å²) in [6.07, 6.45) is 4.03. The summed E-state index contributed by atoms with van der Waals surface area (Å²) < 4.78 is 0. The van der Waals surface area contributed by atoms with Gasteiger partial charge in [-0.15, -0.1) is 23.5 Å². The van der Waals surface area contributed by atoms with Gasteiger partial charge in [0.1, 0.15) is 5.25 Å². The van der Waals surface area contributed by atoms with Crippen LogP contribution < -0.4 is 15.5 Å². The highest BCUT2D eigenvalue weighted by molar-refractivity contribution is 7.99. The van der Waals surface area contributed by atoms with Crippen LogP contribution in [0.2, 0.25) is 0 Å². The molecule has 0 aliphatic rings. The summed E-state index contributed by atoms with van der Waals surface area (Å²) in [4.78, 5) is 15.8. The van der Waals surface area contributed by atoms with Gasteiger partial charge < -0.3 is 15.5 Å². The summed E-state index contributed by atoms with van der Waals surface area (Å²) in [5.74, 6) is 0.0510. The molecule has 6 heteroatoms. The molecule has 2 aromatic rings. The van der Waals surface area contributed by atoms with Gasteiger partial charge in [-0.2, -0.15) is 0 Å². The number of para-hydroxylation sites is 1.